The molecule has 4 nitrogen and oxygen atoms in total. The van der Waals surface area contributed by atoms with Crippen LogP contribution in [-0.4, -0.2) is 18.8 Å². The van der Waals surface area contributed by atoms with E-state index in [1.807, 2.05) is 30.3 Å². The second-order valence-corrected chi connectivity index (χ2v) is 4.87. The van der Waals surface area contributed by atoms with Crippen molar-refractivity contribution in [2.45, 2.75) is 19.5 Å². The van der Waals surface area contributed by atoms with Crippen molar-refractivity contribution >= 4 is 17.9 Å². The van der Waals surface area contributed by atoms with E-state index in [-0.39, 0.29) is 22.9 Å². The molecule has 0 spiro atoms. The molecule has 0 aliphatic rings. The second-order valence-electron chi connectivity index (χ2n) is 4.87. The van der Waals surface area contributed by atoms with Gasteiger partial charge in [-0.3, -0.25) is 9.59 Å². The van der Waals surface area contributed by atoms with Gasteiger partial charge in [-0.25, -0.2) is 0 Å². The quantitative estimate of drug-likeness (QED) is 0.823. The van der Waals surface area contributed by atoms with Crippen LogP contribution < -0.4 is 10.1 Å². The summed E-state index contributed by atoms with van der Waals surface area (Å²) in [5, 5.41) is 2.63. The maximum absolute atomic E-state index is 12.4. The number of hydrogen-bond acceptors (Lipinski definition) is 3. The number of alkyl halides is 2. The molecule has 0 aliphatic carbocycles. The van der Waals surface area contributed by atoms with Crippen LogP contribution in [0.15, 0.2) is 48.5 Å². The average molecular weight is 319 g/mol. The molecule has 0 aromatic heterocycles. The Kier molecular flexibility index (Phi) is 5.41. The average Bonchev–Trinajstić information content (AvgIpc) is 2.54. The van der Waals surface area contributed by atoms with Gasteiger partial charge in [0.05, 0.1) is 11.5 Å². The maximum atomic E-state index is 12.4. The van der Waals surface area contributed by atoms with E-state index in [1.165, 1.54) is 18.2 Å². The van der Waals surface area contributed by atoms with Crippen molar-refractivity contribution in [1.29, 1.82) is 0 Å². The summed E-state index contributed by atoms with van der Waals surface area (Å²) in [5.74, 6) is -0.986. The van der Waals surface area contributed by atoms with E-state index < -0.39 is 12.5 Å². The molecule has 0 saturated heterocycles. The van der Waals surface area contributed by atoms with Gasteiger partial charge in [-0.2, -0.15) is 8.78 Å². The van der Waals surface area contributed by atoms with Gasteiger partial charge in [-0.05, 0) is 24.6 Å². The Morgan fingerprint density at radius 1 is 1.17 bits per heavy atom. The van der Waals surface area contributed by atoms with E-state index in [4.69, 9.17) is 0 Å². The summed E-state index contributed by atoms with van der Waals surface area (Å²) in [6.45, 7) is -1.32. The highest BCUT2D eigenvalue weighted by molar-refractivity contribution is 5.96. The van der Waals surface area contributed by atoms with E-state index in [0.717, 1.165) is 5.56 Å². The number of anilines is 1. The summed E-state index contributed by atoms with van der Waals surface area (Å²) in [4.78, 5) is 23.1. The van der Waals surface area contributed by atoms with E-state index in [2.05, 4.69) is 10.1 Å². The van der Waals surface area contributed by atoms with Gasteiger partial charge in [-0.1, -0.05) is 30.3 Å². The predicted molar refractivity (Wildman–Crippen MR) is 81.9 cm³/mol. The van der Waals surface area contributed by atoms with Gasteiger partial charge < -0.3 is 10.1 Å². The van der Waals surface area contributed by atoms with Gasteiger partial charge in [0, 0.05) is 11.8 Å². The molecular weight excluding hydrogens is 304 g/mol. The topological polar surface area (TPSA) is 55.4 Å². The van der Waals surface area contributed by atoms with Crippen LogP contribution in [0.3, 0.4) is 0 Å². The zero-order chi connectivity index (χ0) is 16.8. The van der Waals surface area contributed by atoms with Crippen LogP contribution in [0.1, 0.15) is 28.8 Å². The van der Waals surface area contributed by atoms with Crippen molar-refractivity contribution < 1.29 is 23.1 Å². The van der Waals surface area contributed by atoms with E-state index in [1.54, 1.807) is 6.92 Å². The van der Waals surface area contributed by atoms with Crippen molar-refractivity contribution in [1.82, 2.24) is 0 Å². The van der Waals surface area contributed by atoms with Gasteiger partial charge in [0.15, 0.2) is 6.29 Å². The fraction of sp³-hybridized carbons (Fsp3) is 0.176. The third-order valence-corrected chi connectivity index (χ3v) is 3.32. The van der Waals surface area contributed by atoms with E-state index in [9.17, 15) is 18.4 Å². The summed E-state index contributed by atoms with van der Waals surface area (Å²) in [7, 11) is 0. The van der Waals surface area contributed by atoms with Crippen molar-refractivity contribution in [3.05, 3.63) is 59.7 Å². The van der Waals surface area contributed by atoms with E-state index >= 15 is 0 Å². The largest absolute Gasteiger partial charge is 0.434 e. The Hall–Kier alpha value is -2.76. The smallest absolute Gasteiger partial charge is 0.387 e. The Morgan fingerprint density at radius 2 is 1.87 bits per heavy atom. The molecule has 1 unspecified atom stereocenters. The fourth-order valence-electron chi connectivity index (χ4n) is 2.05. The monoisotopic (exact) mass is 319 g/mol. The maximum Gasteiger partial charge on any atom is 0.387 e. The molecule has 1 atom stereocenters. The number of amides is 1. The van der Waals surface area contributed by atoms with Crippen LogP contribution in [0.4, 0.5) is 14.5 Å². The minimum absolute atomic E-state index is 0.0144. The Morgan fingerprint density at radius 3 is 2.48 bits per heavy atom. The molecule has 1 N–H and O–H groups in total. The van der Waals surface area contributed by atoms with Gasteiger partial charge in [0.2, 0.25) is 5.91 Å². The number of carbonyl (C=O) groups is 2. The van der Waals surface area contributed by atoms with E-state index in [0.29, 0.717) is 6.29 Å². The molecule has 2 aromatic carbocycles. The van der Waals surface area contributed by atoms with Crippen LogP contribution in [0.25, 0.3) is 0 Å². The van der Waals surface area contributed by atoms with Crippen molar-refractivity contribution in [2.24, 2.45) is 0 Å². The molecule has 2 aromatic rings. The number of halogens is 2. The molecule has 0 saturated carbocycles. The van der Waals surface area contributed by atoms with Gasteiger partial charge in [0.25, 0.3) is 0 Å². The summed E-state index contributed by atoms with van der Waals surface area (Å²) >= 11 is 0. The van der Waals surface area contributed by atoms with Crippen molar-refractivity contribution in [3.8, 4) is 5.75 Å². The number of rotatable bonds is 6. The summed E-state index contributed by atoms with van der Waals surface area (Å²) in [5.41, 5.74) is 1.09. The lowest BCUT2D eigenvalue weighted by Crippen LogP contribution is -2.19. The lowest BCUT2D eigenvalue weighted by molar-refractivity contribution is -0.117. The zero-order valence-electron chi connectivity index (χ0n) is 12.3. The minimum Gasteiger partial charge on any atom is -0.434 e. The molecule has 0 radical (unpaired) electrons. The first-order valence-electron chi connectivity index (χ1n) is 6.91. The lowest BCUT2D eigenvalue weighted by Gasteiger charge is -2.14. The van der Waals surface area contributed by atoms with Gasteiger partial charge in [0.1, 0.15) is 5.75 Å². The number of nitrogens with one attached hydrogen (secondary N) is 1. The minimum atomic E-state index is -3.05. The number of hydrogen-bond donors (Lipinski definition) is 1. The molecule has 6 heteroatoms. The lowest BCUT2D eigenvalue weighted by atomic mass is 10.0. The third-order valence-electron chi connectivity index (χ3n) is 3.32. The first kappa shape index (κ1) is 16.6. The van der Waals surface area contributed by atoms with Gasteiger partial charge in [-0.15, -0.1) is 0 Å². The fourth-order valence-corrected chi connectivity index (χ4v) is 2.05. The summed E-state index contributed by atoms with van der Waals surface area (Å²) < 4.78 is 29.0. The Labute approximate surface area is 132 Å². The number of ether oxygens (including phenoxy) is 1. The molecule has 1 amide bonds. The molecule has 0 bridgehead atoms. The van der Waals surface area contributed by atoms with Crippen LogP contribution >= 0.6 is 0 Å². The molecule has 2 rings (SSSR count). The Bertz CT molecular complexity index is 689. The van der Waals surface area contributed by atoms with Crippen LogP contribution in [0.5, 0.6) is 5.75 Å². The third kappa shape index (κ3) is 4.35. The SMILES string of the molecule is CC(C(=O)Nc1ccc(C=O)c(OC(F)F)c1)c1ccccc1. The van der Waals surface area contributed by atoms with Crippen LogP contribution in [-0.2, 0) is 4.79 Å². The van der Waals surface area contributed by atoms with Crippen LogP contribution in [0.2, 0.25) is 0 Å². The molecule has 0 heterocycles. The number of benzene rings is 2. The second kappa shape index (κ2) is 7.49. The highest BCUT2D eigenvalue weighted by Crippen LogP contribution is 2.25. The number of aldehydes is 1. The zero-order valence-corrected chi connectivity index (χ0v) is 12.3. The molecule has 0 fully saturated rings. The molecular formula is C17H15F2NO3. The van der Waals surface area contributed by atoms with Crippen molar-refractivity contribution in [3.63, 3.8) is 0 Å². The Balaban J connectivity index is 2.16. The molecule has 0 aliphatic heterocycles. The molecule has 23 heavy (non-hydrogen) atoms. The first-order valence-corrected chi connectivity index (χ1v) is 6.91. The highest BCUT2D eigenvalue weighted by Gasteiger charge is 2.16. The summed E-state index contributed by atoms with van der Waals surface area (Å²) in [6.07, 6.45) is 0.413. The normalized spacial score (nSPS) is 11.8. The highest BCUT2D eigenvalue weighted by atomic mass is 19.3. The van der Waals surface area contributed by atoms with Crippen LogP contribution in [0, 0.1) is 0 Å². The van der Waals surface area contributed by atoms with Crippen molar-refractivity contribution in [2.75, 3.05) is 5.32 Å². The predicted octanol–water partition coefficient (Wildman–Crippen LogP) is 3.84. The number of carbonyl (C=O) groups excluding carboxylic acids is 2. The standard InChI is InChI=1S/C17H15F2NO3/c1-11(12-5-3-2-4-6-12)16(22)20-14-8-7-13(10-21)15(9-14)23-17(18)19/h2-11,17H,1H3,(H,20,22). The first-order chi connectivity index (χ1) is 11.0. The molecule has 120 valence electrons. The summed E-state index contributed by atoms with van der Waals surface area (Å²) in [6, 6.07) is 13.1. The van der Waals surface area contributed by atoms with Gasteiger partial charge >= 0.3 is 6.61 Å².